The molecule has 1 N–H and O–H groups in total. The zero-order valence-electron chi connectivity index (χ0n) is 11.7. The van der Waals surface area contributed by atoms with Crippen molar-refractivity contribution in [2.24, 2.45) is 0 Å². The first-order chi connectivity index (χ1) is 9.33. The topological polar surface area (TPSA) is 28.2 Å². The lowest BCUT2D eigenvalue weighted by molar-refractivity contribution is 0.557. The van der Waals surface area contributed by atoms with E-state index in [2.05, 4.69) is 41.0 Å². The first-order valence-electron chi connectivity index (χ1n) is 7.35. The van der Waals surface area contributed by atoms with Crippen LogP contribution in [0.2, 0.25) is 0 Å². The highest BCUT2D eigenvalue weighted by molar-refractivity contribution is 7.99. The summed E-state index contributed by atoms with van der Waals surface area (Å²) in [6.45, 7) is 5.39. The van der Waals surface area contributed by atoms with Gasteiger partial charge in [0.15, 0.2) is 0 Å². The summed E-state index contributed by atoms with van der Waals surface area (Å²) in [5, 5.41) is 3.69. The molecule has 1 atom stereocenters. The number of hydrogen-bond acceptors (Lipinski definition) is 4. The molecule has 0 aromatic carbocycles. The molecule has 0 saturated carbocycles. The predicted molar refractivity (Wildman–Crippen MR) is 83.0 cm³/mol. The lowest BCUT2D eigenvalue weighted by Crippen LogP contribution is -2.29. The SMILES string of the molecule is Cc1ccc(CN[C@@H]2CCSC2)c(N2CCCC2)n1. The van der Waals surface area contributed by atoms with E-state index in [0.29, 0.717) is 6.04 Å². The quantitative estimate of drug-likeness (QED) is 0.915. The number of aryl methyl sites for hydroxylation is 1. The molecule has 3 heterocycles. The summed E-state index contributed by atoms with van der Waals surface area (Å²) < 4.78 is 0. The van der Waals surface area contributed by atoms with E-state index >= 15 is 0 Å². The molecule has 2 fully saturated rings. The summed E-state index contributed by atoms with van der Waals surface area (Å²) in [5.74, 6) is 3.79. The molecule has 4 heteroatoms. The van der Waals surface area contributed by atoms with Gasteiger partial charge in [-0.3, -0.25) is 0 Å². The Morgan fingerprint density at radius 3 is 2.95 bits per heavy atom. The van der Waals surface area contributed by atoms with Crippen LogP contribution in [0.4, 0.5) is 5.82 Å². The molecule has 0 bridgehead atoms. The second kappa shape index (κ2) is 6.14. The highest BCUT2D eigenvalue weighted by Crippen LogP contribution is 2.24. The van der Waals surface area contributed by atoms with Crippen LogP contribution in [0.3, 0.4) is 0 Å². The van der Waals surface area contributed by atoms with Crippen molar-refractivity contribution in [2.45, 2.75) is 38.8 Å². The third-order valence-electron chi connectivity index (χ3n) is 4.01. The van der Waals surface area contributed by atoms with Crippen LogP contribution in [-0.4, -0.2) is 35.6 Å². The average Bonchev–Trinajstić information content (AvgIpc) is 3.10. The molecule has 2 saturated heterocycles. The van der Waals surface area contributed by atoms with Crippen molar-refractivity contribution < 1.29 is 0 Å². The van der Waals surface area contributed by atoms with E-state index in [1.807, 2.05) is 0 Å². The fourth-order valence-electron chi connectivity index (χ4n) is 2.86. The zero-order chi connectivity index (χ0) is 13.1. The maximum absolute atomic E-state index is 4.78. The summed E-state index contributed by atoms with van der Waals surface area (Å²) in [4.78, 5) is 7.23. The van der Waals surface area contributed by atoms with Crippen LogP contribution in [0.15, 0.2) is 12.1 Å². The van der Waals surface area contributed by atoms with Gasteiger partial charge in [-0.05, 0) is 38.0 Å². The van der Waals surface area contributed by atoms with Crippen LogP contribution in [0, 0.1) is 6.92 Å². The van der Waals surface area contributed by atoms with Gasteiger partial charge >= 0.3 is 0 Å². The summed E-state index contributed by atoms with van der Waals surface area (Å²) in [6.07, 6.45) is 3.92. The van der Waals surface area contributed by atoms with Crippen LogP contribution in [0.25, 0.3) is 0 Å². The van der Waals surface area contributed by atoms with E-state index in [9.17, 15) is 0 Å². The minimum Gasteiger partial charge on any atom is -0.356 e. The highest BCUT2D eigenvalue weighted by Gasteiger charge is 2.19. The smallest absolute Gasteiger partial charge is 0.133 e. The van der Waals surface area contributed by atoms with Gasteiger partial charge < -0.3 is 10.2 Å². The van der Waals surface area contributed by atoms with Crippen molar-refractivity contribution in [3.63, 3.8) is 0 Å². The molecule has 0 amide bonds. The number of rotatable bonds is 4. The number of hydrogen-bond donors (Lipinski definition) is 1. The molecule has 3 rings (SSSR count). The normalized spacial score (nSPS) is 23.2. The molecule has 1 aromatic heterocycles. The third-order valence-corrected chi connectivity index (χ3v) is 5.17. The monoisotopic (exact) mass is 277 g/mol. The van der Waals surface area contributed by atoms with Crippen LogP contribution in [0.1, 0.15) is 30.5 Å². The first kappa shape index (κ1) is 13.3. The van der Waals surface area contributed by atoms with Gasteiger partial charge in [0.05, 0.1) is 0 Å². The number of anilines is 1. The Labute approximate surface area is 120 Å². The Balaban J connectivity index is 1.71. The van der Waals surface area contributed by atoms with Gasteiger partial charge in [-0.15, -0.1) is 0 Å². The molecule has 0 spiro atoms. The van der Waals surface area contributed by atoms with E-state index in [0.717, 1.165) is 12.2 Å². The molecule has 1 aromatic rings. The standard InChI is InChI=1S/C15H23N3S/c1-12-4-5-13(10-16-14-6-9-19-11-14)15(17-12)18-7-2-3-8-18/h4-5,14,16H,2-3,6-11H2,1H3/t14-/m1/s1. The number of nitrogens with one attached hydrogen (secondary N) is 1. The van der Waals surface area contributed by atoms with Crippen LogP contribution >= 0.6 is 11.8 Å². The Kier molecular flexibility index (Phi) is 4.28. The predicted octanol–water partition coefficient (Wildman–Crippen LogP) is 2.59. The highest BCUT2D eigenvalue weighted by atomic mass is 32.2. The zero-order valence-corrected chi connectivity index (χ0v) is 12.5. The van der Waals surface area contributed by atoms with Crippen LogP contribution < -0.4 is 10.2 Å². The van der Waals surface area contributed by atoms with Crippen molar-refractivity contribution in [1.29, 1.82) is 0 Å². The van der Waals surface area contributed by atoms with Crippen LogP contribution in [-0.2, 0) is 6.54 Å². The summed E-state index contributed by atoms with van der Waals surface area (Å²) >= 11 is 2.06. The Morgan fingerprint density at radius 1 is 1.37 bits per heavy atom. The fourth-order valence-corrected chi connectivity index (χ4v) is 4.05. The van der Waals surface area contributed by atoms with E-state index in [1.54, 1.807) is 0 Å². The largest absolute Gasteiger partial charge is 0.356 e. The second-order valence-corrected chi connectivity index (χ2v) is 6.72. The second-order valence-electron chi connectivity index (χ2n) is 5.57. The Morgan fingerprint density at radius 2 is 2.21 bits per heavy atom. The van der Waals surface area contributed by atoms with Crippen LogP contribution in [0.5, 0.6) is 0 Å². The third kappa shape index (κ3) is 3.23. The minimum absolute atomic E-state index is 0.692. The Bertz CT molecular complexity index is 423. The molecular formula is C15H23N3S. The number of nitrogens with zero attached hydrogens (tertiary/aromatic N) is 2. The summed E-state index contributed by atoms with van der Waals surface area (Å²) in [7, 11) is 0. The fraction of sp³-hybridized carbons (Fsp3) is 0.667. The molecule has 0 radical (unpaired) electrons. The summed E-state index contributed by atoms with van der Waals surface area (Å²) in [6, 6.07) is 5.09. The molecule has 2 aliphatic heterocycles. The molecule has 19 heavy (non-hydrogen) atoms. The first-order valence-corrected chi connectivity index (χ1v) is 8.51. The maximum Gasteiger partial charge on any atom is 0.133 e. The lowest BCUT2D eigenvalue weighted by Gasteiger charge is -2.21. The van der Waals surface area contributed by atoms with Gasteiger partial charge in [-0.2, -0.15) is 11.8 Å². The molecule has 0 aliphatic carbocycles. The number of thioether (sulfide) groups is 1. The van der Waals surface area contributed by atoms with Gasteiger partial charge in [-0.1, -0.05) is 6.07 Å². The number of aromatic nitrogens is 1. The minimum atomic E-state index is 0.692. The van der Waals surface area contributed by atoms with Crippen molar-refractivity contribution in [2.75, 3.05) is 29.5 Å². The van der Waals surface area contributed by atoms with E-state index in [-0.39, 0.29) is 0 Å². The molecule has 104 valence electrons. The average molecular weight is 277 g/mol. The van der Waals surface area contributed by atoms with Gasteiger partial charge in [0.25, 0.3) is 0 Å². The van der Waals surface area contributed by atoms with E-state index < -0.39 is 0 Å². The van der Waals surface area contributed by atoms with Crippen molar-refractivity contribution >= 4 is 17.6 Å². The van der Waals surface area contributed by atoms with Gasteiger partial charge in [0.2, 0.25) is 0 Å². The van der Waals surface area contributed by atoms with Gasteiger partial charge in [0, 0.05) is 42.7 Å². The number of pyridine rings is 1. The molecule has 3 nitrogen and oxygen atoms in total. The van der Waals surface area contributed by atoms with Crippen molar-refractivity contribution in [3.8, 4) is 0 Å². The molecule has 0 unspecified atom stereocenters. The molecule has 2 aliphatic rings. The molecular weight excluding hydrogens is 254 g/mol. The van der Waals surface area contributed by atoms with Crippen molar-refractivity contribution in [1.82, 2.24) is 10.3 Å². The summed E-state index contributed by atoms with van der Waals surface area (Å²) in [5.41, 5.74) is 2.49. The van der Waals surface area contributed by atoms with Gasteiger partial charge in [0.1, 0.15) is 5.82 Å². The van der Waals surface area contributed by atoms with Crippen molar-refractivity contribution in [3.05, 3.63) is 23.4 Å². The maximum atomic E-state index is 4.78. The lowest BCUT2D eigenvalue weighted by atomic mass is 10.2. The van der Waals surface area contributed by atoms with Gasteiger partial charge in [-0.25, -0.2) is 4.98 Å². The Hall–Kier alpha value is -0.740. The van der Waals surface area contributed by atoms with E-state index in [1.165, 1.54) is 55.2 Å². The van der Waals surface area contributed by atoms with E-state index in [4.69, 9.17) is 4.98 Å².